The summed E-state index contributed by atoms with van der Waals surface area (Å²) < 4.78 is 7.06. The van der Waals surface area contributed by atoms with E-state index in [1.807, 2.05) is 30.5 Å². The second kappa shape index (κ2) is 9.89. The third-order valence-corrected chi connectivity index (χ3v) is 7.95. The average Bonchev–Trinajstić information content (AvgIpc) is 3.57. The number of aryl methyl sites for hydroxylation is 1. The van der Waals surface area contributed by atoms with Crippen LogP contribution in [-0.4, -0.2) is 28.5 Å². The van der Waals surface area contributed by atoms with Crippen LogP contribution in [0.2, 0.25) is 5.02 Å². The fraction of sp³-hybridized carbons (Fsp3) is 0.148. The number of anilines is 1. The summed E-state index contributed by atoms with van der Waals surface area (Å²) in [7, 11) is 1.59. The molecule has 1 amide bonds. The smallest absolute Gasteiger partial charge is 0.262 e. The maximum Gasteiger partial charge on any atom is 0.262 e. The third kappa shape index (κ3) is 4.67. The molecule has 0 radical (unpaired) electrons. The number of benzene rings is 2. The number of nitrogens with zero attached hydrogens (tertiary/aromatic N) is 2. The first kappa shape index (κ1) is 24.2. The van der Waals surface area contributed by atoms with E-state index in [0.29, 0.717) is 32.7 Å². The lowest BCUT2D eigenvalue weighted by molar-refractivity contribution is -0.115. The summed E-state index contributed by atoms with van der Waals surface area (Å²) >= 11 is 9.06. The van der Waals surface area contributed by atoms with E-state index in [4.69, 9.17) is 16.3 Å². The molecule has 0 aliphatic heterocycles. The number of methoxy groups -OCH3 is 1. The van der Waals surface area contributed by atoms with Crippen molar-refractivity contribution in [1.82, 2.24) is 9.55 Å². The van der Waals surface area contributed by atoms with Crippen LogP contribution in [0.4, 0.5) is 5.13 Å². The monoisotopic (exact) mass is 535 g/mol. The molecule has 36 heavy (non-hydrogen) atoms. The average molecular weight is 536 g/mol. The van der Waals surface area contributed by atoms with Crippen molar-refractivity contribution < 1.29 is 14.3 Å². The van der Waals surface area contributed by atoms with Gasteiger partial charge in [0.2, 0.25) is 5.91 Å². The summed E-state index contributed by atoms with van der Waals surface area (Å²) in [5.41, 5.74) is 3.52. The van der Waals surface area contributed by atoms with Crippen molar-refractivity contribution in [2.45, 2.75) is 20.3 Å². The Hall–Kier alpha value is -3.46. The van der Waals surface area contributed by atoms with Crippen molar-refractivity contribution in [3.8, 4) is 16.3 Å². The molecule has 5 rings (SSSR count). The molecule has 6 nitrogen and oxygen atoms in total. The van der Waals surface area contributed by atoms with E-state index in [-0.39, 0.29) is 18.2 Å². The highest BCUT2D eigenvalue weighted by Gasteiger charge is 2.22. The predicted molar refractivity (Wildman–Crippen MR) is 147 cm³/mol. The molecule has 0 aliphatic carbocycles. The van der Waals surface area contributed by atoms with Crippen LogP contribution in [0, 0.1) is 13.8 Å². The third-order valence-electron chi connectivity index (χ3n) is 5.92. The van der Waals surface area contributed by atoms with Crippen LogP contribution in [0.3, 0.4) is 0 Å². The minimum Gasteiger partial charge on any atom is -0.497 e. The van der Waals surface area contributed by atoms with Crippen LogP contribution in [0.15, 0.2) is 60.0 Å². The molecular formula is C27H22ClN3O3S2. The van der Waals surface area contributed by atoms with Crippen molar-refractivity contribution in [3.63, 3.8) is 0 Å². The molecule has 5 aromatic rings. The van der Waals surface area contributed by atoms with Gasteiger partial charge in [-0.25, -0.2) is 4.98 Å². The first-order chi connectivity index (χ1) is 17.3. The van der Waals surface area contributed by atoms with E-state index >= 15 is 0 Å². The number of fused-ring (bicyclic) bond motifs is 1. The van der Waals surface area contributed by atoms with E-state index in [9.17, 15) is 9.59 Å². The number of amides is 1. The lowest BCUT2D eigenvalue weighted by atomic mass is 10.1. The van der Waals surface area contributed by atoms with Crippen LogP contribution in [0.25, 0.3) is 21.5 Å². The molecule has 3 heterocycles. The number of hydrogen-bond donors (Lipinski definition) is 1. The van der Waals surface area contributed by atoms with Gasteiger partial charge in [0, 0.05) is 31.9 Å². The number of nitrogens with one attached hydrogen (secondary N) is 1. The predicted octanol–water partition coefficient (Wildman–Crippen LogP) is 6.97. The summed E-state index contributed by atoms with van der Waals surface area (Å²) in [6, 6.07) is 16.4. The number of ether oxygens (including phenoxy) is 1. The van der Waals surface area contributed by atoms with Gasteiger partial charge >= 0.3 is 0 Å². The van der Waals surface area contributed by atoms with Gasteiger partial charge < -0.3 is 10.1 Å². The van der Waals surface area contributed by atoms with Gasteiger partial charge in [0.05, 0.1) is 29.6 Å². The van der Waals surface area contributed by atoms with E-state index in [1.165, 1.54) is 16.2 Å². The zero-order valence-electron chi connectivity index (χ0n) is 19.8. The van der Waals surface area contributed by atoms with Crippen molar-refractivity contribution in [2.24, 2.45) is 0 Å². The number of halogens is 1. The number of thiazole rings is 1. The highest BCUT2D eigenvalue weighted by atomic mass is 35.5. The summed E-state index contributed by atoms with van der Waals surface area (Å²) in [4.78, 5) is 33.4. The fourth-order valence-corrected chi connectivity index (χ4v) is 5.89. The topological polar surface area (TPSA) is 73.2 Å². The lowest BCUT2D eigenvalue weighted by Gasteiger charge is -2.08. The molecule has 0 saturated heterocycles. The molecule has 0 bridgehead atoms. The minimum absolute atomic E-state index is 0.0867. The zero-order chi connectivity index (χ0) is 25.4. The summed E-state index contributed by atoms with van der Waals surface area (Å²) in [5.74, 6) is 0.250. The molecule has 0 aliphatic rings. The first-order valence-electron chi connectivity index (χ1n) is 11.1. The molecular weight excluding hydrogens is 514 g/mol. The van der Waals surface area contributed by atoms with Crippen LogP contribution in [0.5, 0.6) is 5.75 Å². The van der Waals surface area contributed by atoms with Gasteiger partial charge in [-0.05, 0) is 74.0 Å². The van der Waals surface area contributed by atoms with Gasteiger partial charge in [-0.1, -0.05) is 11.6 Å². The molecule has 0 spiro atoms. The van der Waals surface area contributed by atoms with Gasteiger partial charge in [0.15, 0.2) is 5.13 Å². The van der Waals surface area contributed by atoms with Crippen LogP contribution >= 0.6 is 34.3 Å². The first-order valence-corrected chi connectivity index (χ1v) is 13.2. The maximum atomic E-state index is 13.5. The Kier molecular flexibility index (Phi) is 6.66. The largest absolute Gasteiger partial charge is 0.497 e. The van der Waals surface area contributed by atoms with Crippen molar-refractivity contribution in [1.29, 1.82) is 0 Å². The van der Waals surface area contributed by atoms with Crippen LogP contribution in [0.1, 0.15) is 26.5 Å². The summed E-state index contributed by atoms with van der Waals surface area (Å²) in [5, 5.41) is 6.74. The van der Waals surface area contributed by atoms with Gasteiger partial charge in [-0.3, -0.25) is 14.2 Å². The van der Waals surface area contributed by atoms with Gasteiger partial charge in [0.25, 0.3) is 5.91 Å². The number of hydrogen-bond acceptors (Lipinski definition) is 6. The Morgan fingerprint density at radius 1 is 1.08 bits per heavy atom. The summed E-state index contributed by atoms with van der Waals surface area (Å²) in [6.45, 7) is 3.90. The van der Waals surface area contributed by atoms with E-state index < -0.39 is 0 Å². The summed E-state index contributed by atoms with van der Waals surface area (Å²) in [6.07, 6.45) is 0.0867. The fourth-order valence-electron chi connectivity index (χ4n) is 4.14. The van der Waals surface area contributed by atoms with Crippen molar-refractivity contribution in [2.75, 3.05) is 12.4 Å². The minimum atomic E-state index is -0.206. The Balaban J connectivity index is 1.47. The number of carbonyl (C=O) groups excluding carboxylic acids is 2. The number of rotatable bonds is 6. The Morgan fingerprint density at radius 2 is 1.86 bits per heavy atom. The second-order valence-corrected chi connectivity index (χ2v) is 10.9. The number of aromatic nitrogens is 2. The normalized spacial score (nSPS) is 11.1. The standard InChI is InChI=1S/C27H22ClN3O3S2/c1-15-4-11-24(36-15)22-14-35-27(29-22)30-25(32)13-20-16(2)31(23-10-9-19(34-3)12-21(20)23)26(33)17-5-7-18(28)8-6-17/h4-12,14H,13H2,1-3H3,(H,29,30,32). The van der Waals surface area contributed by atoms with E-state index in [2.05, 4.69) is 23.3 Å². The van der Waals surface area contributed by atoms with Crippen LogP contribution < -0.4 is 10.1 Å². The number of thiophene rings is 1. The Bertz CT molecular complexity index is 1600. The van der Waals surface area contributed by atoms with E-state index in [0.717, 1.165) is 21.5 Å². The molecule has 2 aromatic carbocycles. The maximum absolute atomic E-state index is 13.5. The highest BCUT2D eigenvalue weighted by molar-refractivity contribution is 7.17. The number of carbonyl (C=O) groups is 2. The Labute approximate surface area is 221 Å². The van der Waals surface area contributed by atoms with Gasteiger partial charge in [-0.2, -0.15) is 0 Å². The lowest BCUT2D eigenvalue weighted by Crippen LogP contribution is -2.16. The Morgan fingerprint density at radius 3 is 2.56 bits per heavy atom. The zero-order valence-corrected chi connectivity index (χ0v) is 22.2. The molecule has 0 saturated carbocycles. The molecule has 0 fully saturated rings. The molecule has 9 heteroatoms. The second-order valence-electron chi connectivity index (χ2n) is 8.27. The quantitative estimate of drug-likeness (QED) is 0.255. The van der Waals surface area contributed by atoms with Crippen molar-refractivity contribution in [3.05, 3.63) is 86.7 Å². The van der Waals surface area contributed by atoms with Gasteiger partial charge in [0.1, 0.15) is 5.75 Å². The molecule has 0 atom stereocenters. The molecule has 0 unspecified atom stereocenters. The van der Waals surface area contributed by atoms with E-state index in [1.54, 1.807) is 53.3 Å². The molecule has 1 N–H and O–H groups in total. The van der Waals surface area contributed by atoms with Crippen LogP contribution in [-0.2, 0) is 11.2 Å². The highest BCUT2D eigenvalue weighted by Crippen LogP contribution is 2.32. The SMILES string of the molecule is COc1ccc2c(c1)c(CC(=O)Nc1nc(-c3ccc(C)s3)cs1)c(C)n2C(=O)c1ccc(Cl)cc1. The molecule has 3 aromatic heterocycles. The van der Waals surface area contributed by atoms with Gasteiger partial charge in [-0.15, -0.1) is 22.7 Å². The van der Waals surface area contributed by atoms with Crippen molar-refractivity contribution >= 4 is 62.1 Å². The molecule has 182 valence electrons.